The van der Waals surface area contributed by atoms with Crippen molar-refractivity contribution in [2.24, 2.45) is 5.92 Å². The number of nitrogens with zero attached hydrogens (tertiary/aromatic N) is 2. The number of allylic oxidation sites excluding steroid dienone is 2. The highest BCUT2D eigenvalue weighted by Gasteiger charge is 2.25. The molecule has 1 aliphatic carbocycles. The van der Waals surface area contributed by atoms with E-state index in [4.69, 9.17) is 14.0 Å². The van der Waals surface area contributed by atoms with Crippen molar-refractivity contribution in [3.05, 3.63) is 54.0 Å². The molecular formula is C24H29FN2O4. The Bertz CT molecular complexity index is 874. The summed E-state index contributed by atoms with van der Waals surface area (Å²) in [5.41, 5.74) is 1.33. The predicted molar refractivity (Wildman–Crippen MR) is 114 cm³/mol. The molecule has 0 N–H and O–H groups in total. The first-order valence-corrected chi connectivity index (χ1v) is 11.0. The molecule has 0 saturated carbocycles. The third kappa shape index (κ3) is 6.24. The van der Waals surface area contributed by atoms with Crippen LogP contribution < -0.4 is 0 Å². The lowest BCUT2D eigenvalue weighted by atomic mass is 9.94. The van der Waals surface area contributed by atoms with Crippen molar-refractivity contribution in [1.82, 2.24) is 10.1 Å². The average molecular weight is 429 g/mol. The van der Waals surface area contributed by atoms with Crippen molar-refractivity contribution >= 4 is 5.91 Å². The highest BCUT2D eigenvalue weighted by molar-refractivity contribution is 5.77. The molecule has 166 valence electrons. The summed E-state index contributed by atoms with van der Waals surface area (Å²) in [5, 5.41) is 3.99. The summed E-state index contributed by atoms with van der Waals surface area (Å²) in [6.07, 6.45) is 9.80. The number of hydrogen-bond acceptors (Lipinski definition) is 5. The molecule has 2 heterocycles. The Morgan fingerprint density at radius 3 is 2.81 bits per heavy atom. The summed E-state index contributed by atoms with van der Waals surface area (Å²) in [6.45, 7) is 2.31. The van der Waals surface area contributed by atoms with Gasteiger partial charge in [-0.3, -0.25) is 4.79 Å². The van der Waals surface area contributed by atoms with Crippen LogP contribution in [0.3, 0.4) is 0 Å². The quantitative estimate of drug-likeness (QED) is 0.555. The van der Waals surface area contributed by atoms with Crippen molar-refractivity contribution in [2.45, 2.75) is 44.8 Å². The van der Waals surface area contributed by atoms with Gasteiger partial charge in [-0.2, -0.15) is 0 Å². The zero-order valence-electron chi connectivity index (χ0n) is 17.7. The van der Waals surface area contributed by atoms with E-state index in [9.17, 15) is 9.18 Å². The zero-order chi connectivity index (χ0) is 21.5. The van der Waals surface area contributed by atoms with Gasteiger partial charge in [-0.1, -0.05) is 17.3 Å². The Morgan fingerprint density at radius 1 is 1.19 bits per heavy atom. The summed E-state index contributed by atoms with van der Waals surface area (Å²) in [5.74, 6) is 0.703. The fourth-order valence-electron chi connectivity index (χ4n) is 4.11. The van der Waals surface area contributed by atoms with E-state index in [2.05, 4.69) is 17.3 Å². The summed E-state index contributed by atoms with van der Waals surface area (Å²) in [6, 6.07) is 7.76. The topological polar surface area (TPSA) is 64.8 Å². The van der Waals surface area contributed by atoms with Crippen molar-refractivity contribution in [1.29, 1.82) is 0 Å². The molecule has 31 heavy (non-hydrogen) atoms. The van der Waals surface area contributed by atoms with E-state index >= 15 is 0 Å². The number of carbonyl (C=O) groups excluding carboxylic acids is 1. The maximum Gasteiger partial charge on any atom is 0.248 e. The second-order valence-electron chi connectivity index (χ2n) is 8.27. The van der Waals surface area contributed by atoms with Crippen LogP contribution in [0.25, 0.3) is 11.3 Å². The highest BCUT2D eigenvalue weighted by Crippen LogP contribution is 2.22. The molecule has 0 spiro atoms. The van der Waals surface area contributed by atoms with Crippen LogP contribution in [0.4, 0.5) is 4.39 Å². The van der Waals surface area contributed by atoms with Gasteiger partial charge in [0.05, 0.1) is 12.7 Å². The van der Waals surface area contributed by atoms with Gasteiger partial charge in [-0.05, 0) is 62.3 Å². The number of aromatic nitrogens is 1. The van der Waals surface area contributed by atoms with Crippen LogP contribution in [0.2, 0.25) is 0 Å². The zero-order valence-corrected chi connectivity index (χ0v) is 17.7. The highest BCUT2D eigenvalue weighted by atomic mass is 19.1. The molecule has 1 aliphatic heterocycles. The number of hydrogen-bond donors (Lipinski definition) is 0. The molecule has 1 amide bonds. The van der Waals surface area contributed by atoms with E-state index in [1.165, 1.54) is 12.1 Å². The van der Waals surface area contributed by atoms with Crippen LogP contribution in [0.5, 0.6) is 0 Å². The Kier molecular flexibility index (Phi) is 7.48. The fraction of sp³-hybridized carbons (Fsp3) is 0.500. The first-order chi connectivity index (χ1) is 15.2. The van der Waals surface area contributed by atoms with Crippen molar-refractivity contribution in [3.63, 3.8) is 0 Å². The van der Waals surface area contributed by atoms with E-state index in [-0.39, 0.29) is 31.0 Å². The number of carbonyl (C=O) groups is 1. The predicted octanol–water partition coefficient (Wildman–Crippen LogP) is 4.36. The van der Waals surface area contributed by atoms with Crippen LogP contribution in [0.1, 0.15) is 37.8 Å². The first-order valence-electron chi connectivity index (χ1n) is 11.0. The standard InChI is InChI=1S/C24H29FN2O4/c25-20-10-8-19(9-11-20)23-13-21(26-31-23)16-29-17-24(28)27(15-22-7-4-12-30-22)14-18-5-2-1-3-6-18/h1-2,8-11,13,18,22H,3-7,12,14-17H2/t18-,22-/m0/s1. The Hall–Kier alpha value is -2.51. The maximum absolute atomic E-state index is 13.1. The maximum atomic E-state index is 13.1. The van der Waals surface area contributed by atoms with Crippen LogP contribution in [0.15, 0.2) is 47.0 Å². The molecule has 2 atom stereocenters. The molecule has 1 aromatic carbocycles. The third-order valence-corrected chi connectivity index (χ3v) is 5.82. The summed E-state index contributed by atoms with van der Waals surface area (Å²) in [4.78, 5) is 14.8. The number of benzene rings is 1. The van der Waals surface area contributed by atoms with Crippen LogP contribution >= 0.6 is 0 Å². The van der Waals surface area contributed by atoms with Crippen LogP contribution in [-0.4, -0.2) is 48.4 Å². The minimum atomic E-state index is -0.304. The van der Waals surface area contributed by atoms with Gasteiger partial charge < -0.3 is 18.9 Å². The third-order valence-electron chi connectivity index (χ3n) is 5.82. The molecule has 0 radical (unpaired) electrons. The second-order valence-corrected chi connectivity index (χ2v) is 8.27. The Balaban J connectivity index is 1.29. The van der Waals surface area contributed by atoms with E-state index in [0.717, 1.165) is 50.8 Å². The smallest absolute Gasteiger partial charge is 0.248 e. The van der Waals surface area contributed by atoms with Gasteiger partial charge >= 0.3 is 0 Å². The molecule has 4 rings (SSSR count). The number of ether oxygens (including phenoxy) is 2. The van der Waals surface area contributed by atoms with E-state index in [1.807, 2.05) is 4.90 Å². The molecule has 0 bridgehead atoms. The van der Waals surface area contributed by atoms with Gasteiger partial charge in [0.25, 0.3) is 0 Å². The molecular weight excluding hydrogens is 399 g/mol. The molecule has 1 aromatic heterocycles. The average Bonchev–Trinajstić information content (AvgIpc) is 3.47. The van der Waals surface area contributed by atoms with Gasteiger partial charge in [0.2, 0.25) is 5.91 Å². The Morgan fingerprint density at radius 2 is 2.06 bits per heavy atom. The van der Waals surface area contributed by atoms with Crippen LogP contribution in [0, 0.1) is 11.7 Å². The summed E-state index contributed by atoms with van der Waals surface area (Å²) in [7, 11) is 0. The van der Waals surface area contributed by atoms with E-state index in [1.54, 1.807) is 18.2 Å². The van der Waals surface area contributed by atoms with Gasteiger partial charge in [0.15, 0.2) is 5.76 Å². The minimum absolute atomic E-state index is 0.00593. The van der Waals surface area contributed by atoms with Gasteiger partial charge in [-0.15, -0.1) is 0 Å². The minimum Gasteiger partial charge on any atom is -0.376 e. The lowest BCUT2D eigenvalue weighted by Gasteiger charge is -2.30. The van der Waals surface area contributed by atoms with Gasteiger partial charge in [-0.25, -0.2) is 4.39 Å². The van der Waals surface area contributed by atoms with Gasteiger partial charge in [0.1, 0.15) is 18.1 Å². The van der Waals surface area contributed by atoms with Crippen molar-refractivity contribution < 1.29 is 23.2 Å². The van der Waals surface area contributed by atoms with Crippen LogP contribution in [-0.2, 0) is 20.9 Å². The number of rotatable bonds is 9. The normalized spacial score (nSPS) is 20.8. The van der Waals surface area contributed by atoms with Crippen molar-refractivity contribution in [3.8, 4) is 11.3 Å². The van der Waals surface area contributed by atoms with E-state index in [0.29, 0.717) is 23.9 Å². The fourth-order valence-corrected chi connectivity index (χ4v) is 4.11. The molecule has 7 heteroatoms. The van der Waals surface area contributed by atoms with Gasteiger partial charge in [0, 0.05) is 31.3 Å². The van der Waals surface area contributed by atoms with E-state index < -0.39 is 0 Å². The SMILES string of the molecule is O=C(COCc1cc(-c2ccc(F)cc2)on1)N(C[C@H]1CC=CCC1)C[C@@H]1CCCO1. The lowest BCUT2D eigenvalue weighted by molar-refractivity contribution is -0.139. The molecule has 2 aromatic rings. The summed E-state index contributed by atoms with van der Waals surface area (Å²) >= 11 is 0. The second kappa shape index (κ2) is 10.7. The molecule has 2 aliphatic rings. The summed E-state index contributed by atoms with van der Waals surface area (Å²) < 4.78 is 29.8. The largest absolute Gasteiger partial charge is 0.376 e. The monoisotopic (exact) mass is 428 g/mol. The molecule has 1 fully saturated rings. The van der Waals surface area contributed by atoms with Crippen molar-refractivity contribution in [2.75, 3.05) is 26.3 Å². The lowest BCUT2D eigenvalue weighted by Crippen LogP contribution is -2.42. The first kappa shape index (κ1) is 21.7. The number of halogens is 1. The molecule has 0 unspecified atom stereocenters. The molecule has 6 nitrogen and oxygen atoms in total. The Labute approximate surface area is 182 Å². The molecule has 1 saturated heterocycles. The number of amides is 1.